The predicted octanol–water partition coefficient (Wildman–Crippen LogP) is 4.40. The molecular weight excluding hydrogens is 435 g/mol. The molecule has 0 N–H and O–H groups in total. The van der Waals surface area contributed by atoms with Crippen LogP contribution in [0.15, 0.2) is 79.3 Å². The number of hydrogen-bond donors (Lipinski definition) is 0. The summed E-state index contributed by atoms with van der Waals surface area (Å²) in [5.41, 5.74) is 1.26. The summed E-state index contributed by atoms with van der Waals surface area (Å²) in [7, 11) is 1.67. The standard InChI is InChI=1S/C23H20F3N5O2/c1-29(15-17-6-8-19(9-7-17)31-12-3-11-27-31)22(32)21-10-13-30(28-21)16-33-20-5-2-4-18(14-20)23(24,25)26/h2-14H,15-16H2,1H3. The molecular formula is C23H20F3N5O2. The van der Waals surface area contributed by atoms with Crippen molar-refractivity contribution in [3.8, 4) is 11.4 Å². The molecule has 7 nitrogen and oxygen atoms in total. The number of rotatable bonds is 7. The van der Waals surface area contributed by atoms with Crippen LogP contribution < -0.4 is 4.74 Å². The first kappa shape index (κ1) is 22.1. The SMILES string of the molecule is CN(Cc1ccc(-n2cccn2)cc1)C(=O)c1ccn(COc2cccc(C(F)(F)F)c2)n1. The van der Waals surface area contributed by atoms with E-state index in [0.717, 1.165) is 23.4 Å². The lowest BCUT2D eigenvalue weighted by atomic mass is 10.2. The van der Waals surface area contributed by atoms with E-state index in [-0.39, 0.29) is 24.1 Å². The van der Waals surface area contributed by atoms with Gasteiger partial charge in [-0.2, -0.15) is 23.4 Å². The van der Waals surface area contributed by atoms with Gasteiger partial charge in [0.2, 0.25) is 0 Å². The molecule has 0 radical (unpaired) electrons. The number of carbonyl (C=O) groups excluding carboxylic acids is 1. The van der Waals surface area contributed by atoms with Gasteiger partial charge in [-0.05, 0) is 48.0 Å². The minimum atomic E-state index is -4.45. The molecule has 0 saturated heterocycles. The Labute approximate surface area is 187 Å². The molecule has 0 unspecified atom stereocenters. The summed E-state index contributed by atoms with van der Waals surface area (Å²) in [5.74, 6) is -0.229. The van der Waals surface area contributed by atoms with E-state index in [2.05, 4.69) is 10.2 Å². The molecule has 170 valence electrons. The first-order valence-electron chi connectivity index (χ1n) is 9.97. The lowest BCUT2D eigenvalue weighted by Crippen LogP contribution is -2.26. The quantitative estimate of drug-likeness (QED) is 0.415. The van der Waals surface area contributed by atoms with Gasteiger partial charge in [-0.25, -0.2) is 9.36 Å². The Balaban J connectivity index is 1.34. The summed E-state index contributed by atoms with van der Waals surface area (Å²) in [6.45, 7) is 0.249. The fourth-order valence-electron chi connectivity index (χ4n) is 3.17. The van der Waals surface area contributed by atoms with Gasteiger partial charge >= 0.3 is 6.18 Å². The normalized spacial score (nSPS) is 11.4. The minimum Gasteiger partial charge on any atom is -0.471 e. The molecule has 0 bridgehead atoms. The number of halogens is 3. The molecule has 0 fully saturated rings. The van der Waals surface area contributed by atoms with Gasteiger partial charge in [-0.1, -0.05) is 18.2 Å². The summed E-state index contributed by atoms with van der Waals surface area (Å²) in [6, 6.07) is 15.6. The van der Waals surface area contributed by atoms with Gasteiger partial charge in [-0.15, -0.1) is 0 Å². The first-order chi connectivity index (χ1) is 15.8. The molecule has 33 heavy (non-hydrogen) atoms. The van der Waals surface area contributed by atoms with Crippen LogP contribution in [-0.2, 0) is 19.5 Å². The zero-order chi connectivity index (χ0) is 23.4. The minimum absolute atomic E-state index is 0.0591. The molecule has 0 spiro atoms. The Morgan fingerprint density at radius 3 is 2.55 bits per heavy atom. The van der Waals surface area contributed by atoms with Crippen LogP contribution >= 0.6 is 0 Å². The Morgan fingerprint density at radius 1 is 1.06 bits per heavy atom. The molecule has 0 aliphatic rings. The van der Waals surface area contributed by atoms with Crippen LogP contribution in [0.5, 0.6) is 5.75 Å². The van der Waals surface area contributed by atoms with Gasteiger partial charge in [0.1, 0.15) is 5.75 Å². The molecule has 1 amide bonds. The highest BCUT2D eigenvalue weighted by Crippen LogP contribution is 2.31. The molecule has 0 saturated carbocycles. The number of aromatic nitrogens is 4. The second-order valence-electron chi connectivity index (χ2n) is 7.32. The topological polar surface area (TPSA) is 65.2 Å². The molecule has 0 aliphatic heterocycles. The van der Waals surface area contributed by atoms with Gasteiger partial charge in [0.05, 0.1) is 11.3 Å². The average Bonchev–Trinajstić information content (AvgIpc) is 3.50. The highest BCUT2D eigenvalue weighted by atomic mass is 19.4. The van der Waals surface area contributed by atoms with Crippen molar-refractivity contribution in [2.24, 2.45) is 0 Å². The highest BCUT2D eigenvalue weighted by molar-refractivity contribution is 5.91. The van der Waals surface area contributed by atoms with Crippen LogP contribution in [0.1, 0.15) is 21.6 Å². The Bertz CT molecular complexity index is 1220. The molecule has 2 heterocycles. The van der Waals surface area contributed by atoms with E-state index in [1.807, 2.05) is 36.5 Å². The van der Waals surface area contributed by atoms with Crippen LogP contribution in [0.3, 0.4) is 0 Å². The maximum absolute atomic E-state index is 12.8. The van der Waals surface area contributed by atoms with Crippen LogP contribution in [0.2, 0.25) is 0 Å². The number of nitrogens with zero attached hydrogens (tertiary/aromatic N) is 5. The third kappa shape index (κ3) is 5.40. The maximum Gasteiger partial charge on any atom is 0.416 e. The number of ether oxygens (including phenoxy) is 1. The predicted molar refractivity (Wildman–Crippen MR) is 114 cm³/mol. The zero-order valence-electron chi connectivity index (χ0n) is 17.6. The van der Waals surface area contributed by atoms with Gasteiger partial charge in [0, 0.05) is 32.2 Å². The summed E-state index contributed by atoms with van der Waals surface area (Å²) >= 11 is 0. The Kier molecular flexibility index (Phi) is 6.16. The van der Waals surface area contributed by atoms with Crippen LogP contribution in [0.25, 0.3) is 5.69 Å². The fourth-order valence-corrected chi connectivity index (χ4v) is 3.17. The summed E-state index contributed by atoms with van der Waals surface area (Å²) in [5, 5.41) is 8.35. The highest BCUT2D eigenvalue weighted by Gasteiger charge is 2.30. The van der Waals surface area contributed by atoms with E-state index < -0.39 is 11.7 Å². The molecule has 4 aromatic rings. The van der Waals surface area contributed by atoms with Gasteiger partial charge in [0.15, 0.2) is 12.4 Å². The molecule has 10 heteroatoms. The average molecular weight is 455 g/mol. The van der Waals surface area contributed by atoms with E-state index >= 15 is 0 Å². The number of alkyl halides is 3. The van der Waals surface area contributed by atoms with Crippen LogP contribution in [0.4, 0.5) is 13.2 Å². The molecule has 0 atom stereocenters. The van der Waals surface area contributed by atoms with Gasteiger partial charge in [0.25, 0.3) is 5.91 Å². The second-order valence-corrected chi connectivity index (χ2v) is 7.32. The smallest absolute Gasteiger partial charge is 0.416 e. The Hall–Kier alpha value is -4.08. The molecule has 0 aliphatic carbocycles. The van der Waals surface area contributed by atoms with Crippen molar-refractivity contribution in [1.29, 1.82) is 0 Å². The van der Waals surface area contributed by atoms with Crippen LogP contribution in [-0.4, -0.2) is 37.4 Å². The zero-order valence-corrected chi connectivity index (χ0v) is 17.6. The maximum atomic E-state index is 12.8. The van der Waals surface area contributed by atoms with Crippen molar-refractivity contribution in [3.63, 3.8) is 0 Å². The summed E-state index contributed by atoms with van der Waals surface area (Å²) in [4.78, 5) is 14.2. The van der Waals surface area contributed by atoms with E-state index in [1.165, 1.54) is 34.0 Å². The van der Waals surface area contributed by atoms with E-state index in [9.17, 15) is 18.0 Å². The Morgan fingerprint density at radius 2 is 1.85 bits per heavy atom. The van der Waals surface area contributed by atoms with Gasteiger partial charge < -0.3 is 9.64 Å². The largest absolute Gasteiger partial charge is 0.471 e. The lowest BCUT2D eigenvalue weighted by molar-refractivity contribution is -0.137. The lowest BCUT2D eigenvalue weighted by Gasteiger charge is -2.16. The van der Waals surface area contributed by atoms with Crippen molar-refractivity contribution in [3.05, 3.63) is 96.1 Å². The number of amides is 1. The van der Waals surface area contributed by atoms with E-state index in [1.54, 1.807) is 17.9 Å². The fraction of sp³-hybridized carbons (Fsp3) is 0.174. The second kappa shape index (κ2) is 9.19. The van der Waals surface area contributed by atoms with E-state index in [0.29, 0.717) is 6.54 Å². The van der Waals surface area contributed by atoms with E-state index in [4.69, 9.17) is 4.74 Å². The molecule has 2 aromatic carbocycles. The molecule has 2 aromatic heterocycles. The van der Waals surface area contributed by atoms with Gasteiger partial charge in [-0.3, -0.25) is 4.79 Å². The monoisotopic (exact) mass is 455 g/mol. The van der Waals surface area contributed by atoms with Crippen LogP contribution in [0, 0.1) is 0 Å². The number of carbonyl (C=O) groups is 1. The third-order valence-corrected chi connectivity index (χ3v) is 4.86. The summed E-state index contributed by atoms with van der Waals surface area (Å²) in [6.07, 6.45) is 0.629. The van der Waals surface area contributed by atoms with Crippen molar-refractivity contribution >= 4 is 5.91 Å². The first-order valence-corrected chi connectivity index (χ1v) is 9.97. The van der Waals surface area contributed by atoms with Crippen molar-refractivity contribution in [1.82, 2.24) is 24.5 Å². The summed E-state index contributed by atoms with van der Waals surface area (Å²) < 4.78 is 46.9. The van der Waals surface area contributed by atoms with Crippen molar-refractivity contribution in [2.45, 2.75) is 19.5 Å². The number of benzene rings is 2. The number of hydrogen-bond acceptors (Lipinski definition) is 4. The van der Waals surface area contributed by atoms with Crippen molar-refractivity contribution < 1.29 is 22.7 Å². The van der Waals surface area contributed by atoms with Crippen molar-refractivity contribution in [2.75, 3.05) is 7.05 Å². The third-order valence-electron chi connectivity index (χ3n) is 4.86. The molecule has 4 rings (SSSR count).